The van der Waals surface area contributed by atoms with Gasteiger partial charge in [-0.05, 0) is 37.9 Å². The number of ether oxygens (including phenoxy) is 1. The van der Waals surface area contributed by atoms with Crippen molar-refractivity contribution in [2.75, 3.05) is 12.4 Å². The maximum Gasteiger partial charge on any atom is 0.220 e. The Morgan fingerprint density at radius 3 is 1.30 bits per heavy atom. The number of nitrogens with one attached hydrogen (secondary N) is 1. The van der Waals surface area contributed by atoms with Crippen LogP contribution in [0.2, 0.25) is 0 Å². The molecule has 0 aromatic carbocycles. The summed E-state index contributed by atoms with van der Waals surface area (Å²) >= 11 is 1.31. The second-order valence-electron chi connectivity index (χ2n) is 18.7. The van der Waals surface area contributed by atoms with E-state index in [1.807, 2.05) is 0 Å². The van der Waals surface area contributed by atoms with Gasteiger partial charge in [0.15, 0.2) is 0 Å². The van der Waals surface area contributed by atoms with Crippen molar-refractivity contribution < 1.29 is 35.1 Å². The summed E-state index contributed by atoms with van der Waals surface area (Å²) in [6.07, 6.45) is 41.8. The molecule has 8 nitrogen and oxygen atoms in total. The normalized spacial score (nSPS) is 19.9. The van der Waals surface area contributed by atoms with Gasteiger partial charge in [-0.1, -0.05) is 226 Å². The van der Waals surface area contributed by atoms with Gasteiger partial charge < -0.3 is 35.6 Å². The zero-order chi connectivity index (χ0) is 43.7. The number of aliphatic hydroxyl groups is 5. The van der Waals surface area contributed by atoms with E-state index in [0.29, 0.717) is 25.7 Å². The Kier molecular flexibility index (Phi) is 40.8. The van der Waals surface area contributed by atoms with E-state index in [2.05, 4.69) is 19.2 Å². The third kappa shape index (κ3) is 33.1. The number of carbonyl (C=O) groups is 1. The van der Waals surface area contributed by atoms with Crippen LogP contribution in [0.5, 0.6) is 0 Å². The summed E-state index contributed by atoms with van der Waals surface area (Å²) in [6.45, 7) is 4.44. The first kappa shape index (κ1) is 57.6. The topological polar surface area (TPSA) is 139 Å². The van der Waals surface area contributed by atoms with Crippen molar-refractivity contribution in [3.8, 4) is 0 Å². The highest BCUT2D eigenvalue weighted by Gasteiger charge is 2.36. The van der Waals surface area contributed by atoms with E-state index >= 15 is 0 Å². The summed E-state index contributed by atoms with van der Waals surface area (Å²) in [5.41, 5.74) is -1.09. The highest BCUT2D eigenvalue weighted by Crippen LogP contribution is 2.24. The molecule has 1 aliphatic carbocycles. The average molecular weight is 872 g/mol. The zero-order valence-electron chi connectivity index (χ0n) is 39.5. The molecule has 0 bridgehead atoms. The predicted molar refractivity (Wildman–Crippen MR) is 256 cm³/mol. The number of hydrogen-bond donors (Lipinski definition) is 6. The lowest BCUT2D eigenvalue weighted by Gasteiger charge is -2.31. The molecule has 0 saturated heterocycles. The third-order valence-corrected chi connectivity index (χ3v) is 14.1. The third-order valence-electron chi connectivity index (χ3n) is 12.9. The van der Waals surface area contributed by atoms with E-state index in [-0.39, 0.29) is 12.5 Å². The van der Waals surface area contributed by atoms with Gasteiger partial charge in [0.2, 0.25) is 5.91 Å². The zero-order valence-corrected chi connectivity index (χ0v) is 40.3. The van der Waals surface area contributed by atoms with E-state index in [9.17, 15) is 30.3 Å². The summed E-state index contributed by atoms with van der Waals surface area (Å²) in [7, 11) is 0. The molecule has 9 heteroatoms. The Morgan fingerprint density at radius 1 is 0.533 bits per heavy atom. The molecular formula is C51H101NO7S. The Bertz CT molecular complexity index is 915. The fourth-order valence-corrected chi connectivity index (χ4v) is 9.75. The van der Waals surface area contributed by atoms with E-state index in [1.165, 1.54) is 204 Å². The number of unbranched alkanes of at least 4 members (excludes halogenated alkanes) is 33. The molecule has 0 spiro atoms. The number of carbonyl (C=O) groups excluding carboxylic acids is 1. The van der Waals surface area contributed by atoms with Gasteiger partial charge in [-0.2, -0.15) is 0 Å². The second kappa shape index (κ2) is 42.5. The van der Waals surface area contributed by atoms with E-state index in [0.717, 1.165) is 37.9 Å². The molecule has 1 amide bonds. The molecule has 0 radical (unpaired) electrons. The van der Waals surface area contributed by atoms with Gasteiger partial charge in [-0.15, -0.1) is 11.8 Å². The van der Waals surface area contributed by atoms with Crippen molar-refractivity contribution in [1.82, 2.24) is 5.32 Å². The molecular weight excluding hydrogens is 771 g/mol. The number of rotatable bonds is 44. The van der Waals surface area contributed by atoms with E-state index < -0.39 is 42.0 Å². The summed E-state index contributed by atoms with van der Waals surface area (Å²) in [5, 5.41) is 56.1. The molecule has 0 heterocycles. The Balaban J connectivity index is 2.23. The van der Waals surface area contributed by atoms with Crippen LogP contribution >= 0.6 is 11.8 Å². The van der Waals surface area contributed by atoms with Gasteiger partial charge >= 0.3 is 0 Å². The van der Waals surface area contributed by atoms with Gasteiger partial charge in [-0.3, -0.25) is 4.79 Å². The van der Waals surface area contributed by atoms with Crippen LogP contribution in [-0.4, -0.2) is 85.8 Å². The molecule has 0 aromatic rings. The Labute approximate surface area is 375 Å². The van der Waals surface area contributed by atoms with Gasteiger partial charge in [0.25, 0.3) is 0 Å². The minimum atomic E-state index is -1.31. The van der Waals surface area contributed by atoms with Crippen molar-refractivity contribution in [2.45, 2.75) is 306 Å². The van der Waals surface area contributed by atoms with Crippen LogP contribution in [-0.2, 0) is 9.53 Å². The maximum absolute atomic E-state index is 13.1. The molecule has 0 aliphatic heterocycles. The summed E-state index contributed by atoms with van der Waals surface area (Å²) < 4.78 is 5.99. The first-order valence-corrected chi connectivity index (χ1v) is 27.3. The van der Waals surface area contributed by atoms with E-state index in [4.69, 9.17) is 4.74 Å². The first-order valence-electron chi connectivity index (χ1n) is 26.2. The van der Waals surface area contributed by atoms with Crippen LogP contribution in [0.15, 0.2) is 0 Å². The second-order valence-corrected chi connectivity index (χ2v) is 19.9. The largest absolute Gasteiger partial charge is 0.390 e. The van der Waals surface area contributed by atoms with Crippen LogP contribution in [0, 0.1) is 0 Å². The average Bonchev–Trinajstić information content (AvgIpc) is 3.36. The minimum Gasteiger partial charge on any atom is -0.390 e. The number of thioether (sulfide) groups is 1. The fourth-order valence-electron chi connectivity index (χ4n) is 8.75. The lowest BCUT2D eigenvalue weighted by Crippen LogP contribution is -2.52. The Morgan fingerprint density at radius 2 is 0.900 bits per heavy atom. The monoisotopic (exact) mass is 872 g/mol. The molecule has 1 aliphatic rings. The lowest BCUT2D eigenvalue weighted by atomic mass is 10.0. The van der Waals surface area contributed by atoms with Crippen LogP contribution in [0.25, 0.3) is 0 Å². The molecule has 60 heavy (non-hydrogen) atoms. The van der Waals surface area contributed by atoms with Crippen molar-refractivity contribution in [2.24, 2.45) is 0 Å². The summed E-state index contributed by atoms with van der Waals surface area (Å²) in [6, 6.07) is -0.857. The lowest BCUT2D eigenvalue weighted by molar-refractivity contribution is -0.130. The predicted octanol–water partition coefficient (Wildman–Crippen LogP) is 12.6. The van der Waals surface area contributed by atoms with Gasteiger partial charge in [0.1, 0.15) is 23.7 Å². The van der Waals surface area contributed by atoms with Crippen LogP contribution in [0.4, 0.5) is 0 Å². The molecule has 7 atom stereocenters. The van der Waals surface area contributed by atoms with Gasteiger partial charge in [0, 0.05) is 6.42 Å². The van der Waals surface area contributed by atoms with Crippen LogP contribution in [0.1, 0.15) is 264 Å². The van der Waals surface area contributed by atoms with Crippen LogP contribution in [0.3, 0.4) is 0 Å². The minimum absolute atomic E-state index is 0.104. The highest BCUT2D eigenvalue weighted by atomic mass is 32.2. The van der Waals surface area contributed by atoms with Crippen molar-refractivity contribution in [3.05, 3.63) is 0 Å². The maximum atomic E-state index is 13.1. The molecule has 6 N–H and O–H groups in total. The molecule has 1 saturated carbocycles. The van der Waals surface area contributed by atoms with E-state index in [1.54, 1.807) is 0 Å². The summed E-state index contributed by atoms with van der Waals surface area (Å²) in [5.74, 6) is 0.545. The fraction of sp³-hybridized carbons (Fsp3) is 0.980. The first-order chi connectivity index (χ1) is 29.3. The van der Waals surface area contributed by atoms with Crippen LogP contribution < -0.4 is 5.32 Å². The molecule has 1 fully saturated rings. The number of amides is 1. The van der Waals surface area contributed by atoms with Crippen molar-refractivity contribution in [3.63, 3.8) is 0 Å². The summed E-state index contributed by atoms with van der Waals surface area (Å²) in [4.78, 5) is 13.1. The molecule has 0 aromatic heterocycles. The van der Waals surface area contributed by atoms with Gasteiger partial charge in [0.05, 0.1) is 24.9 Å². The van der Waals surface area contributed by atoms with Crippen molar-refractivity contribution in [1.29, 1.82) is 0 Å². The number of aliphatic hydroxyl groups excluding tert-OH is 5. The Hall–Kier alpha value is -0.420. The van der Waals surface area contributed by atoms with Gasteiger partial charge in [-0.25, -0.2) is 0 Å². The number of hydrogen-bond acceptors (Lipinski definition) is 8. The standard InChI is InChI=1S/C51H101NO7S/c1-3-5-7-9-11-13-15-17-18-19-20-21-22-23-24-25-26-27-28-30-32-34-36-41-47(54)52-44(43-59-46-40-38-39-45(53)49(56)50(46)57)48(55)51(58)60-42-37-35-33-31-29-16-14-12-10-8-6-4-2/h44-46,48-51,53,55-58H,3-43H2,1-2H3,(H,52,54)/t44-,45+,46+,48-,49+,50+,51+/m1/s1. The molecule has 1 rings (SSSR count). The van der Waals surface area contributed by atoms with Crippen molar-refractivity contribution >= 4 is 17.7 Å². The molecule has 358 valence electrons. The smallest absolute Gasteiger partial charge is 0.220 e. The molecule has 0 unspecified atom stereocenters. The quantitative estimate of drug-likeness (QED) is 0.0202. The SMILES string of the molecule is CCCCCCCCCCCCCCCCCCCCCCCCCC(=O)N[C@H](CO[C@H]1CCC[C@H](O)[C@H](O)[C@H]1O)[C@@H](O)[C@@H](O)SCCCCCCCCCCCCCC. The highest BCUT2D eigenvalue weighted by molar-refractivity contribution is 7.99.